The van der Waals surface area contributed by atoms with Gasteiger partial charge in [-0.15, -0.1) is 0 Å². The lowest BCUT2D eigenvalue weighted by Gasteiger charge is -2.35. The largest absolute Gasteiger partial charge is 0.480 e. The molecule has 0 spiro atoms. The maximum absolute atomic E-state index is 11.9. The van der Waals surface area contributed by atoms with Crippen molar-refractivity contribution < 1.29 is 14.7 Å². The second-order valence-electron chi connectivity index (χ2n) is 4.85. The number of nitrogens with zero attached hydrogens (tertiary/aromatic N) is 1. The van der Waals surface area contributed by atoms with E-state index < -0.39 is 12.0 Å². The van der Waals surface area contributed by atoms with Gasteiger partial charge in [0.05, 0.1) is 0 Å². The lowest BCUT2D eigenvalue weighted by molar-refractivity contribution is -0.140. The fourth-order valence-electron chi connectivity index (χ4n) is 1.86. The summed E-state index contributed by atoms with van der Waals surface area (Å²) in [6, 6.07) is -0.793. The third-order valence-corrected chi connectivity index (χ3v) is 3.70. The van der Waals surface area contributed by atoms with Gasteiger partial charge in [-0.3, -0.25) is 0 Å². The van der Waals surface area contributed by atoms with Crippen molar-refractivity contribution in [3.05, 3.63) is 0 Å². The van der Waals surface area contributed by atoms with Crippen LogP contribution in [0.15, 0.2) is 0 Å². The highest BCUT2D eigenvalue weighted by atomic mass is 16.4. The zero-order valence-electron chi connectivity index (χ0n) is 10.8. The molecular weight excluding hydrogens is 220 g/mol. The van der Waals surface area contributed by atoms with Crippen molar-refractivity contribution in [3.8, 4) is 0 Å². The van der Waals surface area contributed by atoms with Crippen molar-refractivity contribution in [2.24, 2.45) is 5.92 Å². The maximum Gasteiger partial charge on any atom is 0.326 e. The van der Waals surface area contributed by atoms with Crippen LogP contribution in [0.4, 0.5) is 4.79 Å². The zero-order valence-corrected chi connectivity index (χ0v) is 10.8. The summed E-state index contributed by atoms with van der Waals surface area (Å²) >= 11 is 0. The first kappa shape index (κ1) is 13.8. The van der Waals surface area contributed by atoms with E-state index in [1.54, 1.807) is 11.9 Å². The Bertz CT molecular complexity index is 289. The van der Waals surface area contributed by atoms with Crippen LogP contribution in [0, 0.1) is 5.92 Å². The van der Waals surface area contributed by atoms with Crippen LogP contribution in [0.2, 0.25) is 0 Å². The van der Waals surface area contributed by atoms with E-state index in [0.29, 0.717) is 0 Å². The average Bonchev–Trinajstić information content (AvgIpc) is 2.21. The molecule has 2 N–H and O–H groups in total. The topological polar surface area (TPSA) is 69.6 Å². The highest BCUT2D eigenvalue weighted by Crippen LogP contribution is 2.23. The normalized spacial score (nSPS) is 19.0. The third-order valence-electron chi connectivity index (χ3n) is 3.70. The van der Waals surface area contributed by atoms with Gasteiger partial charge in [-0.25, -0.2) is 9.59 Å². The van der Waals surface area contributed by atoms with Crippen LogP contribution in [0.3, 0.4) is 0 Å². The van der Waals surface area contributed by atoms with Crippen LogP contribution in [-0.4, -0.2) is 41.1 Å². The lowest BCUT2D eigenvalue weighted by Crippen LogP contribution is -2.53. The molecule has 0 aromatic carbocycles. The number of aliphatic carboxylic acids is 1. The Morgan fingerprint density at radius 3 is 2.41 bits per heavy atom. The molecule has 0 saturated heterocycles. The Morgan fingerprint density at radius 1 is 1.47 bits per heavy atom. The zero-order chi connectivity index (χ0) is 13.0. The van der Waals surface area contributed by atoms with E-state index in [-0.39, 0.29) is 18.0 Å². The molecule has 0 unspecified atom stereocenters. The number of urea groups is 1. The number of amides is 2. The summed E-state index contributed by atoms with van der Waals surface area (Å²) in [6.07, 6.45) is 3.91. The molecule has 5 heteroatoms. The number of carboxylic acids is 1. The van der Waals surface area contributed by atoms with Gasteiger partial charge in [0.15, 0.2) is 0 Å². The average molecular weight is 242 g/mol. The Balaban J connectivity index is 2.53. The Hall–Kier alpha value is -1.26. The molecule has 0 radical (unpaired) electrons. The van der Waals surface area contributed by atoms with Crippen LogP contribution in [-0.2, 0) is 4.79 Å². The van der Waals surface area contributed by atoms with Gasteiger partial charge in [-0.1, -0.05) is 20.3 Å². The summed E-state index contributed by atoms with van der Waals surface area (Å²) in [6.45, 7) is 3.75. The molecule has 1 fully saturated rings. The Morgan fingerprint density at radius 2 is 2.06 bits per heavy atom. The minimum absolute atomic E-state index is 0.0637. The van der Waals surface area contributed by atoms with Crippen molar-refractivity contribution in [1.29, 1.82) is 0 Å². The number of hydrogen-bond donors (Lipinski definition) is 2. The predicted octanol–water partition coefficient (Wildman–Crippen LogP) is 1.68. The molecular formula is C12H22N2O3. The molecule has 2 atom stereocenters. The molecule has 1 saturated carbocycles. The van der Waals surface area contributed by atoms with Crippen LogP contribution >= 0.6 is 0 Å². The number of nitrogens with one attached hydrogen (secondary N) is 1. The Kier molecular flexibility index (Phi) is 4.78. The van der Waals surface area contributed by atoms with Crippen molar-refractivity contribution >= 4 is 12.0 Å². The van der Waals surface area contributed by atoms with E-state index in [1.165, 1.54) is 0 Å². The summed E-state index contributed by atoms with van der Waals surface area (Å²) in [4.78, 5) is 24.6. The van der Waals surface area contributed by atoms with E-state index >= 15 is 0 Å². The molecule has 98 valence electrons. The minimum atomic E-state index is -0.963. The number of carbonyl (C=O) groups is 2. The number of carbonyl (C=O) groups excluding carboxylic acids is 1. The van der Waals surface area contributed by atoms with Gasteiger partial charge in [0.1, 0.15) is 6.04 Å². The van der Waals surface area contributed by atoms with Gasteiger partial charge in [-0.2, -0.15) is 0 Å². The number of rotatable bonds is 5. The highest BCUT2D eigenvalue weighted by molar-refractivity contribution is 5.82. The van der Waals surface area contributed by atoms with Crippen molar-refractivity contribution in [1.82, 2.24) is 10.2 Å². The van der Waals surface area contributed by atoms with Crippen molar-refractivity contribution in [2.75, 3.05) is 7.05 Å². The molecule has 0 heterocycles. The molecule has 0 aliphatic heterocycles. The van der Waals surface area contributed by atoms with Gasteiger partial charge < -0.3 is 15.3 Å². The quantitative estimate of drug-likeness (QED) is 0.770. The number of hydrogen-bond acceptors (Lipinski definition) is 2. The fraction of sp³-hybridized carbons (Fsp3) is 0.833. The Labute approximate surface area is 102 Å². The van der Waals surface area contributed by atoms with Gasteiger partial charge in [0, 0.05) is 13.1 Å². The molecule has 0 aromatic heterocycles. The van der Waals surface area contributed by atoms with Crippen molar-refractivity contribution in [3.63, 3.8) is 0 Å². The molecule has 0 bridgehead atoms. The predicted molar refractivity (Wildman–Crippen MR) is 64.8 cm³/mol. The molecule has 5 nitrogen and oxygen atoms in total. The summed E-state index contributed by atoms with van der Waals surface area (Å²) in [5.41, 5.74) is 0. The van der Waals surface area contributed by atoms with E-state index in [1.807, 2.05) is 13.8 Å². The van der Waals surface area contributed by atoms with Gasteiger partial charge in [-0.05, 0) is 25.2 Å². The highest BCUT2D eigenvalue weighted by Gasteiger charge is 2.30. The first-order valence-electron chi connectivity index (χ1n) is 6.23. The van der Waals surface area contributed by atoms with Crippen LogP contribution in [0.25, 0.3) is 0 Å². The summed E-state index contributed by atoms with van der Waals surface area (Å²) < 4.78 is 0. The number of carboxylic acid groups (broad SMARTS) is 1. The second kappa shape index (κ2) is 5.89. The van der Waals surface area contributed by atoms with Crippen LogP contribution in [0.1, 0.15) is 39.5 Å². The van der Waals surface area contributed by atoms with Gasteiger partial charge in [0.25, 0.3) is 0 Å². The molecule has 17 heavy (non-hydrogen) atoms. The summed E-state index contributed by atoms with van der Waals surface area (Å²) in [5.74, 6) is -1.03. The van der Waals surface area contributed by atoms with Gasteiger partial charge >= 0.3 is 12.0 Å². The fourth-order valence-corrected chi connectivity index (χ4v) is 1.86. The third kappa shape index (κ3) is 3.35. The van der Waals surface area contributed by atoms with E-state index in [0.717, 1.165) is 25.7 Å². The van der Waals surface area contributed by atoms with E-state index in [4.69, 9.17) is 5.11 Å². The second-order valence-corrected chi connectivity index (χ2v) is 4.85. The molecule has 1 aliphatic rings. The maximum atomic E-state index is 11.9. The molecule has 2 amide bonds. The SMILES string of the molecule is CC[C@H](C)[C@H](NC(=O)N(C)C1CCC1)C(=O)O. The standard InChI is InChI=1S/C12H22N2O3/c1-4-8(2)10(11(15)16)13-12(17)14(3)9-6-5-7-9/h8-10H,4-7H2,1-3H3,(H,13,17)(H,15,16)/t8-,10-/m0/s1. The first-order valence-corrected chi connectivity index (χ1v) is 6.23. The molecule has 1 aliphatic carbocycles. The van der Waals surface area contributed by atoms with E-state index in [9.17, 15) is 9.59 Å². The van der Waals surface area contributed by atoms with Gasteiger partial charge in [0.2, 0.25) is 0 Å². The summed E-state index contributed by atoms with van der Waals surface area (Å²) in [5, 5.41) is 11.7. The first-order chi connectivity index (χ1) is 7.97. The minimum Gasteiger partial charge on any atom is -0.480 e. The van der Waals surface area contributed by atoms with Crippen molar-refractivity contribution in [2.45, 2.75) is 51.6 Å². The molecule has 1 rings (SSSR count). The lowest BCUT2D eigenvalue weighted by atomic mass is 9.92. The van der Waals surface area contributed by atoms with E-state index in [2.05, 4.69) is 5.32 Å². The molecule has 0 aromatic rings. The summed E-state index contributed by atoms with van der Waals surface area (Å²) in [7, 11) is 1.73. The monoisotopic (exact) mass is 242 g/mol. The van der Waals surface area contributed by atoms with Crippen LogP contribution in [0.5, 0.6) is 0 Å². The smallest absolute Gasteiger partial charge is 0.326 e. The van der Waals surface area contributed by atoms with Crippen LogP contribution < -0.4 is 5.32 Å².